The normalized spacial score (nSPS) is 12.6. The smallest absolute Gasteiger partial charge is 0.726 e. The van der Waals surface area contributed by atoms with Gasteiger partial charge in [-0.15, -0.1) is 0 Å². The maximum absolute atomic E-state index is 10.8. The van der Waals surface area contributed by atoms with Crippen LogP contribution in [0.1, 0.15) is 149 Å². The molecule has 0 spiro atoms. The van der Waals surface area contributed by atoms with Crippen LogP contribution in [0, 0.1) is 5.92 Å². The first-order valence-corrected chi connectivity index (χ1v) is 14.4. The van der Waals surface area contributed by atoms with E-state index in [2.05, 4.69) is 18.0 Å². The molecule has 0 amide bonds. The molecule has 0 rings (SSSR count). The summed E-state index contributed by atoms with van der Waals surface area (Å²) in [5, 5.41) is 0. The minimum Gasteiger partial charge on any atom is -0.726 e. The average molecular weight is 471 g/mol. The first-order chi connectivity index (χ1) is 14.5. The molecule has 0 heterocycles. The summed E-state index contributed by atoms with van der Waals surface area (Å²) in [7, 11) is -4.57. The fourth-order valence-corrected chi connectivity index (χ4v) is 4.51. The van der Waals surface area contributed by atoms with Crippen molar-refractivity contribution < 1.29 is 46.7 Å². The first kappa shape index (κ1) is 34.0. The third-order valence-corrected chi connectivity index (χ3v) is 6.55. The molecule has 0 aromatic heterocycles. The molecule has 0 aliphatic carbocycles. The molecule has 1 unspecified atom stereocenters. The third kappa shape index (κ3) is 28.8. The van der Waals surface area contributed by atoms with Gasteiger partial charge in [0.25, 0.3) is 0 Å². The molecule has 0 N–H and O–H groups in total. The maximum atomic E-state index is 10.8. The fourth-order valence-electron chi connectivity index (χ4n) is 4.15. The van der Waals surface area contributed by atoms with E-state index in [0.29, 0.717) is 0 Å². The fraction of sp³-hybridized carbons (Fsp3) is 1.00. The number of hydrogen-bond acceptors (Lipinski definition) is 4. The molecule has 31 heavy (non-hydrogen) atoms. The molecule has 0 aliphatic rings. The second kappa shape index (κ2) is 25.5. The van der Waals surface area contributed by atoms with Crippen LogP contribution in [0.4, 0.5) is 0 Å². The van der Waals surface area contributed by atoms with Crippen LogP contribution in [-0.4, -0.2) is 19.6 Å². The van der Waals surface area contributed by atoms with Crippen LogP contribution in [0.5, 0.6) is 0 Å². The predicted molar refractivity (Wildman–Crippen MR) is 127 cm³/mol. The minimum atomic E-state index is -4.57. The molecule has 4 nitrogen and oxygen atoms in total. The Kier molecular flexibility index (Phi) is 28.0. The molecule has 6 heteroatoms. The number of unbranched alkanes of at least 4 members (excludes halogenated alkanes) is 17. The van der Waals surface area contributed by atoms with Crippen LogP contribution < -0.4 is 29.6 Å². The average Bonchev–Trinajstić information content (AvgIpc) is 2.70. The van der Waals surface area contributed by atoms with Gasteiger partial charge in [0.15, 0.2) is 0 Å². The summed E-state index contributed by atoms with van der Waals surface area (Å²) in [4.78, 5) is 0. The minimum absolute atomic E-state index is 0. The van der Waals surface area contributed by atoms with Crippen LogP contribution >= 0.6 is 0 Å². The molecular formula is C25H51NaO4S. The van der Waals surface area contributed by atoms with E-state index in [9.17, 15) is 13.0 Å². The van der Waals surface area contributed by atoms with Gasteiger partial charge in [-0.3, -0.25) is 4.18 Å². The van der Waals surface area contributed by atoms with E-state index < -0.39 is 10.4 Å². The van der Waals surface area contributed by atoms with Crippen molar-refractivity contribution >= 4 is 10.4 Å². The zero-order valence-electron chi connectivity index (χ0n) is 21.2. The van der Waals surface area contributed by atoms with E-state index in [1.165, 1.54) is 109 Å². The quantitative estimate of drug-likeness (QED) is 0.0829. The van der Waals surface area contributed by atoms with E-state index >= 15 is 0 Å². The summed E-state index contributed by atoms with van der Waals surface area (Å²) in [6.07, 6.45) is 26.5. The van der Waals surface area contributed by atoms with Crippen molar-refractivity contribution in [1.82, 2.24) is 0 Å². The Hall–Kier alpha value is 0.870. The summed E-state index contributed by atoms with van der Waals surface area (Å²) in [5.74, 6) is 0.201. The van der Waals surface area contributed by atoms with Crippen molar-refractivity contribution in [2.24, 2.45) is 5.92 Å². The summed E-state index contributed by atoms with van der Waals surface area (Å²) in [6, 6.07) is 0. The zero-order chi connectivity index (χ0) is 22.3. The van der Waals surface area contributed by atoms with Gasteiger partial charge in [0.2, 0.25) is 10.4 Å². The van der Waals surface area contributed by atoms with Crippen LogP contribution in [-0.2, 0) is 14.6 Å². The molecule has 0 radical (unpaired) electrons. The Morgan fingerprint density at radius 1 is 0.581 bits per heavy atom. The monoisotopic (exact) mass is 470 g/mol. The topological polar surface area (TPSA) is 66.4 Å². The second-order valence-corrected chi connectivity index (χ2v) is 10.2. The first-order valence-electron chi connectivity index (χ1n) is 13.1. The van der Waals surface area contributed by atoms with Gasteiger partial charge in [-0.05, 0) is 18.8 Å². The Labute approximate surface area is 217 Å². The van der Waals surface area contributed by atoms with Crippen LogP contribution in [0.25, 0.3) is 0 Å². The Balaban J connectivity index is 0. The Morgan fingerprint density at radius 3 is 1.16 bits per heavy atom. The van der Waals surface area contributed by atoms with Gasteiger partial charge in [-0.2, -0.15) is 0 Å². The largest absolute Gasteiger partial charge is 1.00 e. The molecule has 0 saturated heterocycles. The SMILES string of the molecule is CCCCCCCCCCCCCC(CCCCCCCCCC)COS(=O)(=O)[O-].[Na+]. The standard InChI is InChI=1S/C25H52O4S.Na/c1-3-5-7-9-11-13-14-15-17-19-21-23-25(24-29-30(26,27)28)22-20-18-16-12-10-8-6-4-2;/h25H,3-24H2,1-2H3,(H,26,27,28);/q;+1/p-1. The van der Waals surface area contributed by atoms with Gasteiger partial charge < -0.3 is 4.55 Å². The molecule has 0 fully saturated rings. The van der Waals surface area contributed by atoms with Gasteiger partial charge in [-0.1, -0.05) is 136 Å². The second-order valence-electron chi connectivity index (χ2n) is 9.15. The summed E-state index contributed by atoms with van der Waals surface area (Å²) in [6.45, 7) is 4.56. The molecule has 0 aromatic carbocycles. The predicted octanol–water partition coefficient (Wildman–Crippen LogP) is 5.32. The third-order valence-electron chi connectivity index (χ3n) is 6.13. The van der Waals surface area contributed by atoms with Crippen molar-refractivity contribution in [2.75, 3.05) is 6.61 Å². The molecule has 0 aromatic rings. The summed E-state index contributed by atoms with van der Waals surface area (Å²) < 4.78 is 37.0. The van der Waals surface area contributed by atoms with Gasteiger partial charge in [0.05, 0.1) is 6.61 Å². The van der Waals surface area contributed by atoms with E-state index in [1.807, 2.05) is 0 Å². The number of hydrogen-bond donors (Lipinski definition) is 0. The Bertz CT molecular complexity index is 443. The van der Waals surface area contributed by atoms with Crippen LogP contribution in [0.2, 0.25) is 0 Å². The van der Waals surface area contributed by atoms with Crippen molar-refractivity contribution in [2.45, 2.75) is 149 Å². The van der Waals surface area contributed by atoms with Crippen molar-refractivity contribution in [3.8, 4) is 0 Å². The van der Waals surface area contributed by atoms with E-state index in [4.69, 9.17) is 0 Å². The van der Waals surface area contributed by atoms with Gasteiger partial charge in [0, 0.05) is 0 Å². The summed E-state index contributed by atoms with van der Waals surface area (Å²) >= 11 is 0. The molecular weight excluding hydrogens is 419 g/mol. The van der Waals surface area contributed by atoms with Gasteiger partial charge in [-0.25, -0.2) is 8.42 Å². The molecule has 0 aliphatic heterocycles. The summed E-state index contributed by atoms with van der Waals surface area (Å²) in [5.41, 5.74) is 0. The van der Waals surface area contributed by atoms with E-state index in [1.54, 1.807) is 0 Å². The molecule has 0 bridgehead atoms. The van der Waals surface area contributed by atoms with Crippen molar-refractivity contribution in [3.63, 3.8) is 0 Å². The van der Waals surface area contributed by atoms with E-state index in [-0.39, 0.29) is 42.1 Å². The van der Waals surface area contributed by atoms with E-state index in [0.717, 1.165) is 25.7 Å². The zero-order valence-corrected chi connectivity index (χ0v) is 24.0. The molecule has 0 saturated carbocycles. The van der Waals surface area contributed by atoms with Crippen molar-refractivity contribution in [1.29, 1.82) is 0 Å². The van der Waals surface area contributed by atoms with Crippen LogP contribution in [0.15, 0.2) is 0 Å². The van der Waals surface area contributed by atoms with Gasteiger partial charge in [0.1, 0.15) is 0 Å². The van der Waals surface area contributed by atoms with Gasteiger partial charge >= 0.3 is 29.6 Å². The van der Waals surface area contributed by atoms with Crippen molar-refractivity contribution in [3.05, 3.63) is 0 Å². The molecule has 1 atom stereocenters. The van der Waals surface area contributed by atoms with Crippen LogP contribution in [0.3, 0.4) is 0 Å². The molecule has 182 valence electrons. The maximum Gasteiger partial charge on any atom is 1.00 e. The number of rotatable bonds is 24. The Morgan fingerprint density at radius 2 is 0.871 bits per heavy atom.